The predicted molar refractivity (Wildman–Crippen MR) is 93.7 cm³/mol. The van der Waals surface area contributed by atoms with Crippen molar-refractivity contribution < 1.29 is 5.11 Å². The second-order valence-electron chi connectivity index (χ2n) is 6.09. The Balaban J connectivity index is 1.51. The summed E-state index contributed by atoms with van der Waals surface area (Å²) in [6.45, 7) is 6.67. The van der Waals surface area contributed by atoms with Gasteiger partial charge in [-0.25, -0.2) is 4.98 Å². The van der Waals surface area contributed by atoms with Gasteiger partial charge in [-0.3, -0.25) is 4.90 Å². The lowest BCUT2D eigenvalue weighted by atomic mass is 10.1. The molecule has 1 N–H and O–H groups in total. The number of aliphatic hydroxyl groups is 1. The number of hydrogen-bond donors (Lipinski definition) is 1. The van der Waals surface area contributed by atoms with Crippen LogP contribution in [0.5, 0.6) is 0 Å². The molecule has 0 amide bonds. The van der Waals surface area contributed by atoms with Gasteiger partial charge >= 0.3 is 0 Å². The van der Waals surface area contributed by atoms with E-state index in [4.69, 9.17) is 0 Å². The summed E-state index contributed by atoms with van der Waals surface area (Å²) in [6, 6.07) is 14.3. The zero-order valence-corrected chi connectivity index (χ0v) is 13.7. The highest BCUT2D eigenvalue weighted by Gasteiger charge is 2.20. The van der Waals surface area contributed by atoms with E-state index in [2.05, 4.69) is 39.9 Å². The van der Waals surface area contributed by atoms with Crippen molar-refractivity contribution in [3.63, 3.8) is 0 Å². The van der Waals surface area contributed by atoms with Crippen LogP contribution in [-0.4, -0.2) is 47.7 Å². The van der Waals surface area contributed by atoms with Crippen molar-refractivity contribution in [2.75, 3.05) is 37.6 Å². The number of anilines is 1. The minimum Gasteiger partial charge on any atom is -0.387 e. The highest BCUT2D eigenvalue weighted by Crippen LogP contribution is 2.18. The molecule has 23 heavy (non-hydrogen) atoms. The maximum absolute atomic E-state index is 10.5. The van der Waals surface area contributed by atoms with Crippen LogP contribution in [-0.2, 0) is 6.42 Å². The zero-order chi connectivity index (χ0) is 16.1. The first-order valence-corrected chi connectivity index (χ1v) is 8.41. The quantitative estimate of drug-likeness (QED) is 0.921. The number of rotatable bonds is 5. The Morgan fingerprint density at radius 1 is 1.04 bits per heavy atom. The molecule has 0 radical (unpaired) electrons. The largest absolute Gasteiger partial charge is 0.387 e. The van der Waals surface area contributed by atoms with Crippen LogP contribution in [0, 0.1) is 0 Å². The number of aliphatic hydroxyl groups excluding tert-OH is 1. The molecule has 1 aromatic heterocycles. The molecule has 0 aliphatic carbocycles. The lowest BCUT2D eigenvalue weighted by Crippen LogP contribution is -2.47. The Labute approximate surface area is 138 Å². The van der Waals surface area contributed by atoms with Gasteiger partial charge in [0.05, 0.1) is 6.10 Å². The Bertz CT molecular complexity index is 592. The highest BCUT2D eigenvalue weighted by atomic mass is 16.3. The molecule has 4 heteroatoms. The number of aromatic nitrogens is 1. The Hall–Kier alpha value is -1.91. The second-order valence-corrected chi connectivity index (χ2v) is 6.09. The molecule has 1 fully saturated rings. The van der Waals surface area contributed by atoms with Crippen LogP contribution in [0.2, 0.25) is 0 Å². The number of hydrogen-bond acceptors (Lipinski definition) is 4. The number of pyridine rings is 1. The van der Waals surface area contributed by atoms with Crippen LogP contribution < -0.4 is 4.90 Å². The lowest BCUT2D eigenvalue weighted by Gasteiger charge is -2.36. The van der Waals surface area contributed by atoms with Gasteiger partial charge in [0.2, 0.25) is 0 Å². The molecule has 0 saturated carbocycles. The summed E-state index contributed by atoms with van der Waals surface area (Å²) in [5, 5.41) is 10.5. The van der Waals surface area contributed by atoms with E-state index in [-0.39, 0.29) is 0 Å². The van der Waals surface area contributed by atoms with Crippen molar-refractivity contribution in [3.8, 4) is 0 Å². The first kappa shape index (κ1) is 16.0. The van der Waals surface area contributed by atoms with Gasteiger partial charge in [0.15, 0.2) is 0 Å². The zero-order valence-electron chi connectivity index (χ0n) is 13.7. The number of benzene rings is 1. The van der Waals surface area contributed by atoms with Crippen molar-refractivity contribution in [1.82, 2.24) is 9.88 Å². The normalized spacial score (nSPS) is 17.2. The molecule has 1 saturated heterocycles. The average molecular weight is 311 g/mol. The molecule has 3 rings (SSSR count). The van der Waals surface area contributed by atoms with Crippen LogP contribution in [0.25, 0.3) is 0 Å². The topological polar surface area (TPSA) is 39.6 Å². The summed E-state index contributed by atoms with van der Waals surface area (Å²) < 4.78 is 0. The minimum absolute atomic E-state index is 0.415. The van der Waals surface area contributed by atoms with E-state index >= 15 is 0 Å². The molecular weight excluding hydrogens is 286 g/mol. The molecule has 2 aromatic rings. The first-order valence-electron chi connectivity index (χ1n) is 8.41. The summed E-state index contributed by atoms with van der Waals surface area (Å²) >= 11 is 0. The third kappa shape index (κ3) is 4.09. The van der Waals surface area contributed by atoms with Crippen LogP contribution >= 0.6 is 0 Å². The molecule has 1 unspecified atom stereocenters. The average Bonchev–Trinajstić information content (AvgIpc) is 2.63. The lowest BCUT2D eigenvalue weighted by molar-refractivity contribution is 0.109. The Morgan fingerprint density at radius 3 is 2.39 bits per heavy atom. The van der Waals surface area contributed by atoms with E-state index in [1.807, 2.05) is 30.5 Å². The van der Waals surface area contributed by atoms with E-state index in [1.165, 1.54) is 5.56 Å². The Morgan fingerprint density at radius 2 is 1.78 bits per heavy atom. The Kier molecular flexibility index (Phi) is 5.26. The third-order valence-electron chi connectivity index (χ3n) is 4.55. The summed E-state index contributed by atoms with van der Waals surface area (Å²) in [4.78, 5) is 9.05. The van der Waals surface area contributed by atoms with Gasteiger partial charge in [0, 0.05) is 38.9 Å². The van der Waals surface area contributed by atoms with Crippen LogP contribution in [0.1, 0.15) is 24.2 Å². The molecule has 1 aliphatic heterocycles. The number of piperazine rings is 1. The van der Waals surface area contributed by atoms with Crippen LogP contribution in [0.3, 0.4) is 0 Å². The fourth-order valence-electron chi connectivity index (χ4n) is 3.03. The standard InChI is InChI=1S/C19H25N3O/c1-2-16-6-8-17(9-7-16)18(23)15-21-11-13-22(14-12-21)19-5-3-4-10-20-19/h3-10,18,23H,2,11-15H2,1H3. The molecule has 1 aromatic carbocycles. The molecule has 0 bridgehead atoms. The molecular formula is C19H25N3O. The van der Waals surface area contributed by atoms with Gasteiger partial charge in [0.25, 0.3) is 0 Å². The van der Waals surface area contributed by atoms with E-state index < -0.39 is 6.10 Å². The van der Waals surface area contributed by atoms with E-state index in [9.17, 15) is 5.11 Å². The van der Waals surface area contributed by atoms with Crippen LogP contribution in [0.15, 0.2) is 48.7 Å². The fraction of sp³-hybridized carbons (Fsp3) is 0.421. The number of nitrogens with zero attached hydrogens (tertiary/aromatic N) is 3. The summed E-state index contributed by atoms with van der Waals surface area (Å²) in [6.07, 6.45) is 2.46. The first-order chi connectivity index (χ1) is 11.3. The van der Waals surface area contributed by atoms with E-state index in [1.54, 1.807) is 0 Å². The molecule has 2 heterocycles. The van der Waals surface area contributed by atoms with Crippen molar-refractivity contribution in [3.05, 3.63) is 59.8 Å². The van der Waals surface area contributed by atoms with Crippen molar-refractivity contribution in [2.45, 2.75) is 19.4 Å². The molecule has 122 valence electrons. The highest BCUT2D eigenvalue weighted by molar-refractivity contribution is 5.38. The monoisotopic (exact) mass is 311 g/mol. The maximum Gasteiger partial charge on any atom is 0.128 e. The summed E-state index contributed by atoms with van der Waals surface area (Å²) in [7, 11) is 0. The second kappa shape index (κ2) is 7.57. The molecule has 1 aliphatic rings. The minimum atomic E-state index is -0.415. The van der Waals surface area contributed by atoms with E-state index in [0.29, 0.717) is 6.54 Å². The summed E-state index contributed by atoms with van der Waals surface area (Å²) in [5.41, 5.74) is 2.32. The predicted octanol–water partition coefficient (Wildman–Crippen LogP) is 2.50. The molecule has 1 atom stereocenters. The van der Waals surface area contributed by atoms with E-state index in [0.717, 1.165) is 44.0 Å². The third-order valence-corrected chi connectivity index (χ3v) is 4.55. The van der Waals surface area contributed by atoms with Gasteiger partial charge in [-0.1, -0.05) is 37.3 Å². The smallest absolute Gasteiger partial charge is 0.128 e. The van der Waals surface area contributed by atoms with Gasteiger partial charge in [0.1, 0.15) is 5.82 Å². The van der Waals surface area contributed by atoms with Crippen molar-refractivity contribution in [1.29, 1.82) is 0 Å². The number of aryl methyl sites for hydroxylation is 1. The molecule has 4 nitrogen and oxygen atoms in total. The van der Waals surface area contributed by atoms with Crippen molar-refractivity contribution >= 4 is 5.82 Å². The maximum atomic E-state index is 10.5. The SMILES string of the molecule is CCc1ccc(C(O)CN2CCN(c3ccccn3)CC2)cc1. The fourth-order valence-corrected chi connectivity index (χ4v) is 3.03. The number of β-amino-alcohol motifs (C(OH)–C–C–N with tert-alkyl or cyclic N) is 1. The van der Waals surface area contributed by atoms with Crippen molar-refractivity contribution in [2.24, 2.45) is 0 Å². The summed E-state index contributed by atoms with van der Waals surface area (Å²) in [5.74, 6) is 1.04. The van der Waals surface area contributed by atoms with Gasteiger partial charge in [-0.2, -0.15) is 0 Å². The van der Waals surface area contributed by atoms with Gasteiger partial charge in [-0.15, -0.1) is 0 Å². The van der Waals surface area contributed by atoms with Crippen LogP contribution in [0.4, 0.5) is 5.82 Å². The van der Waals surface area contributed by atoms with Gasteiger partial charge in [-0.05, 0) is 29.7 Å². The van der Waals surface area contributed by atoms with Gasteiger partial charge < -0.3 is 10.0 Å². The molecule has 0 spiro atoms.